The van der Waals surface area contributed by atoms with E-state index in [0.29, 0.717) is 12.5 Å². The molecule has 0 aliphatic rings. The second kappa shape index (κ2) is 11.8. The first-order valence-corrected chi connectivity index (χ1v) is 11.1. The maximum absolute atomic E-state index is 12.1. The van der Waals surface area contributed by atoms with Crippen molar-refractivity contribution in [2.45, 2.75) is 51.5 Å². The van der Waals surface area contributed by atoms with E-state index in [1.54, 1.807) is 0 Å². The molecule has 6 heteroatoms. The van der Waals surface area contributed by atoms with Crippen molar-refractivity contribution in [2.24, 2.45) is 5.92 Å². The average Bonchev–Trinajstić information content (AvgIpc) is 2.57. The zero-order chi connectivity index (χ0) is 19.6. The van der Waals surface area contributed by atoms with E-state index in [1.807, 2.05) is 50.7 Å². The monoisotopic (exact) mass is 443 g/mol. The highest BCUT2D eigenvalue weighted by molar-refractivity contribution is 9.09. The summed E-state index contributed by atoms with van der Waals surface area (Å²) in [6.07, 6.45) is 0.0611. The summed E-state index contributed by atoms with van der Waals surface area (Å²) in [5, 5.41) is 3.47. The lowest BCUT2D eigenvalue weighted by molar-refractivity contribution is -0.156. The Kier molecular flexibility index (Phi) is 10.5. The number of Topliss-reactive ketones (excluding diaryl/α,β-unsaturated/α-hetero) is 1. The van der Waals surface area contributed by atoms with Gasteiger partial charge in [0.2, 0.25) is 0 Å². The van der Waals surface area contributed by atoms with Crippen molar-refractivity contribution >= 4 is 39.4 Å². The summed E-state index contributed by atoms with van der Waals surface area (Å²) in [4.78, 5) is 24.1. The third kappa shape index (κ3) is 10.3. The van der Waals surface area contributed by atoms with Crippen molar-refractivity contribution in [2.75, 3.05) is 17.6 Å². The van der Waals surface area contributed by atoms with Crippen LogP contribution in [0.3, 0.4) is 0 Å². The van der Waals surface area contributed by atoms with E-state index in [4.69, 9.17) is 4.74 Å². The van der Waals surface area contributed by atoms with Crippen molar-refractivity contribution in [3.63, 3.8) is 0 Å². The molecule has 0 fully saturated rings. The van der Waals surface area contributed by atoms with Crippen LogP contribution in [0.2, 0.25) is 0 Å². The molecule has 0 aliphatic carbocycles. The Labute approximate surface area is 170 Å². The topological polar surface area (TPSA) is 55.4 Å². The van der Waals surface area contributed by atoms with Crippen molar-refractivity contribution in [3.8, 4) is 0 Å². The van der Waals surface area contributed by atoms with Crippen molar-refractivity contribution in [1.29, 1.82) is 0 Å². The fourth-order valence-electron chi connectivity index (χ4n) is 2.30. The van der Waals surface area contributed by atoms with Crippen LogP contribution in [0.4, 0.5) is 0 Å². The van der Waals surface area contributed by atoms with E-state index in [9.17, 15) is 9.59 Å². The predicted molar refractivity (Wildman–Crippen MR) is 113 cm³/mol. The molecule has 0 saturated heterocycles. The Bertz CT molecular complexity index is 560. The lowest BCUT2D eigenvalue weighted by Gasteiger charge is -2.23. The quantitative estimate of drug-likeness (QED) is 0.409. The number of nitrogens with one attached hydrogen (secondary N) is 1. The number of carbonyl (C=O) groups excluding carboxylic acids is 2. The summed E-state index contributed by atoms with van der Waals surface area (Å²) in [6.45, 7) is 8.31. The van der Waals surface area contributed by atoms with Crippen LogP contribution in [-0.2, 0) is 20.1 Å². The molecule has 0 saturated carbocycles. The number of hydrogen-bond acceptors (Lipinski definition) is 5. The van der Waals surface area contributed by atoms with Crippen molar-refractivity contribution < 1.29 is 14.3 Å². The molecule has 0 aromatic heterocycles. The first kappa shape index (κ1) is 23.2. The summed E-state index contributed by atoms with van der Waals surface area (Å²) >= 11 is 5.07. The molecule has 146 valence electrons. The highest BCUT2D eigenvalue weighted by Gasteiger charge is 2.24. The molecule has 26 heavy (non-hydrogen) atoms. The number of thioether (sulfide) groups is 1. The van der Waals surface area contributed by atoms with Gasteiger partial charge in [-0.3, -0.25) is 9.59 Å². The smallest absolute Gasteiger partial charge is 0.308 e. The molecule has 2 unspecified atom stereocenters. The van der Waals surface area contributed by atoms with E-state index in [1.165, 1.54) is 5.56 Å². The minimum atomic E-state index is -0.541. The molecule has 0 radical (unpaired) electrons. The van der Waals surface area contributed by atoms with Gasteiger partial charge in [-0.1, -0.05) is 53.2 Å². The van der Waals surface area contributed by atoms with Gasteiger partial charge < -0.3 is 10.1 Å². The van der Waals surface area contributed by atoms with E-state index < -0.39 is 11.6 Å². The lowest BCUT2D eigenvalue weighted by Crippen LogP contribution is -2.42. The predicted octanol–water partition coefficient (Wildman–Crippen LogP) is 4.21. The minimum absolute atomic E-state index is 0.0278. The highest BCUT2D eigenvalue weighted by atomic mass is 79.9. The summed E-state index contributed by atoms with van der Waals surface area (Å²) in [5.41, 5.74) is 0.774. The van der Waals surface area contributed by atoms with Crippen molar-refractivity contribution in [1.82, 2.24) is 5.32 Å². The van der Waals surface area contributed by atoms with Crippen LogP contribution in [0.5, 0.6) is 0 Å². The normalized spacial score (nSPS) is 13.9. The van der Waals surface area contributed by atoms with Gasteiger partial charge in [0.25, 0.3) is 0 Å². The van der Waals surface area contributed by atoms with Gasteiger partial charge in [-0.25, -0.2) is 0 Å². The van der Waals surface area contributed by atoms with Gasteiger partial charge in [0.05, 0.1) is 17.8 Å². The Hall–Kier alpha value is -0.850. The van der Waals surface area contributed by atoms with Crippen LogP contribution in [0.15, 0.2) is 30.3 Å². The minimum Gasteiger partial charge on any atom is -0.460 e. The van der Waals surface area contributed by atoms with E-state index in [0.717, 1.165) is 11.5 Å². The molecule has 1 aromatic rings. The van der Waals surface area contributed by atoms with Gasteiger partial charge in [0, 0.05) is 5.75 Å². The molecule has 1 rings (SSSR count). The van der Waals surface area contributed by atoms with Gasteiger partial charge in [0.1, 0.15) is 5.60 Å². The summed E-state index contributed by atoms with van der Waals surface area (Å²) in [7, 11) is 0. The summed E-state index contributed by atoms with van der Waals surface area (Å²) in [6, 6.07) is 9.86. The largest absolute Gasteiger partial charge is 0.460 e. The number of halogens is 1. The Balaban J connectivity index is 2.40. The number of rotatable bonds is 11. The second-order valence-electron chi connectivity index (χ2n) is 7.46. The number of alkyl halides is 1. The van der Waals surface area contributed by atoms with Crippen LogP contribution in [0.25, 0.3) is 0 Å². The highest BCUT2D eigenvalue weighted by Crippen LogP contribution is 2.15. The summed E-state index contributed by atoms with van der Waals surface area (Å²) < 4.78 is 5.33. The first-order valence-electron chi connectivity index (χ1n) is 8.87. The second-order valence-corrected chi connectivity index (χ2v) is 9.05. The SMILES string of the molecule is CC(CNC(CC(=O)OC(C)(C)C)C(=O)CBr)CSCc1ccccc1. The number of ether oxygens (including phenoxy) is 1. The molecule has 0 bridgehead atoms. The molecular formula is C20H30BrNO3S. The molecular weight excluding hydrogens is 414 g/mol. The molecule has 1 N–H and O–H groups in total. The molecule has 2 atom stereocenters. The van der Waals surface area contributed by atoms with Crippen molar-refractivity contribution in [3.05, 3.63) is 35.9 Å². The first-order chi connectivity index (χ1) is 12.2. The Morgan fingerprint density at radius 1 is 1.23 bits per heavy atom. The Morgan fingerprint density at radius 3 is 2.46 bits per heavy atom. The molecule has 0 spiro atoms. The fourth-order valence-corrected chi connectivity index (χ4v) is 3.75. The number of ketones is 1. The van der Waals surface area contributed by atoms with Crippen LogP contribution in [0.1, 0.15) is 39.7 Å². The van der Waals surface area contributed by atoms with Crippen LogP contribution < -0.4 is 5.32 Å². The number of hydrogen-bond donors (Lipinski definition) is 1. The Morgan fingerprint density at radius 2 is 1.88 bits per heavy atom. The fraction of sp³-hybridized carbons (Fsp3) is 0.600. The van der Waals surface area contributed by atoms with Gasteiger partial charge in [-0.05, 0) is 44.6 Å². The number of carbonyl (C=O) groups is 2. The van der Waals surface area contributed by atoms with Gasteiger partial charge >= 0.3 is 5.97 Å². The van der Waals surface area contributed by atoms with Gasteiger partial charge in [-0.2, -0.15) is 11.8 Å². The zero-order valence-corrected chi connectivity index (χ0v) is 18.5. The molecule has 1 aromatic carbocycles. The maximum atomic E-state index is 12.1. The molecule has 4 nitrogen and oxygen atoms in total. The van der Waals surface area contributed by atoms with E-state index >= 15 is 0 Å². The van der Waals surface area contributed by atoms with Gasteiger partial charge in [0.15, 0.2) is 5.78 Å². The average molecular weight is 444 g/mol. The maximum Gasteiger partial charge on any atom is 0.308 e. The molecule has 0 amide bonds. The number of esters is 1. The van der Waals surface area contributed by atoms with Crippen LogP contribution in [0, 0.1) is 5.92 Å². The van der Waals surface area contributed by atoms with Gasteiger partial charge in [-0.15, -0.1) is 0 Å². The van der Waals surface area contributed by atoms with E-state index in [-0.39, 0.29) is 23.5 Å². The van der Waals surface area contributed by atoms with Crippen LogP contribution >= 0.6 is 27.7 Å². The lowest BCUT2D eigenvalue weighted by atomic mass is 10.1. The third-order valence-corrected chi connectivity index (χ3v) is 5.43. The van der Waals surface area contributed by atoms with E-state index in [2.05, 4.69) is 40.3 Å². The zero-order valence-electron chi connectivity index (χ0n) is 16.1. The number of benzene rings is 1. The molecule has 0 aliphatic heterocycles. The summed E-state index contributed by atoms with van der Waals surface area (Å²) in [5.74, 6) is 1.99. The third-order valence-electron chi connectivity index (χ3n) is 3.54. The van der Waals surface area contributed by atoms with Crippen LogP contribution in [-0.4, -0.2) is 41.0 Å². The molecule has 0 heterocycles. The standard InChI is InChI=1S/C20H30BrNO3S/c1-15(13-26-14-16-8-6-5-7-9-16)12-22-17(18(23)11-21)10-19(24)25-20(2,3)4/h5-9,15,17,22H,10-14H2,1-4H3.